The molecule has 5 nitrogen and oxygen atoms in total. The van der Waals surface area contributed by atoms with Gasteiger partial charge in [0.05, 0.1) is 5.56 Å². The Morgan fingerprint density at radius 1 is 1.58 bits per heavy atom. The SMILES string of the molecule is CSc1ncc(C(=O)NN)cn1. The largest absolute Gasteiger partial charge is 0.290 e. The van der Waals surface area contributed by atoms with Gasteiger partial charge in [0, 0.05) is 12.4 Å². The number of nitrogen functional groups attached to an aromatic ring is 1. The molecule has 0 spiro atoms. The van der Waals surface area contributed by atoms with Crippen molar-refractivity contribution in [2.24, 2.45) is 5.84 Å². The topological polar surface area (TPSA) is 80.9 Å². The summed E-state index contributed by atoms with van der Waals surface area (Å²) in [6.07, 6.45) is 4.72. The van der Waals surface area contributed by atoms with Crippen LogP contribution in [0.3, 0.4) is 0 Å². The Morgan fingerprint density at radius 2 is 2.17 bits per heavy atom. The number of nitrogens with one attached hydrogen (secondary N) is 1. The van der Waals surface area contributed by atoms with Crippen LogP contribution in [0.1, 0.15) is 10.4 Å². The molecule has 12 heavy (non-hydrogen) atoms. The van der Waals surface area contributed by atoms with Crippen molar-refractivity contribution in [1.29, 1.82) is 0 Å². The predicted octanol–water partition coefficient (Wildman–Crippen LogP) is -0.198. The molecule has 0 aliphatic heterocycles. The quantitative estimate of drug-likeness (QED) is 0.219. The Bertz CT molecular complexity index is 273. The van der Waals surface area contributed by atoms with Crippen LogP contribution in [-0.4, -0.2) is 22.1 Å². The van der Waals surface area contributed by atoms with Gasteiger partial charge in [-0.3, -0.25) is 10.2 Å². The summed E-state index contributed by atoms with van der Waals surface area (Å²) in [5.41, 5.74) is 2.35. The molecule has 1 heterocycles. The van der Waals surface area contributed by atoms with E-state index in [2.05, 4.69) is 9.97 Å². The molecule has 0 fully saturated rings. The Morgan fingerprint density at radius 3 is 2.58 bits per heavy atom. The Hall–Kier alpha value is -1.14. The van der Waals surface area contributed by atoms with Crippen molar-refractivity contribution in [2.45, 2.75) is 5.16 Å². The van der Waals surface area contributed by atoms with Gasteiger partial charge >= 0.3 is 0 Å². The fraction of sp³-hybridized carbons (Fsp3) is 0.167. The number of carbonyl (C=O) groups is 1. The van der Waals surface area contributed by atoms with Gasteiger partial charge in [0.2, 0.25) is 0 Å². The second-order valence-corrected chi connectivity index (χ2v) is 2.71. The Balaban J connectivity index is 2.84. The number of hydrazine groups is 1. The van der Waals surface area contributed by atoms with Crippen LogP contribution < -0.4 is 11.3 Å². The third-order valence-electron chi connectivity index (χ3n) is 1.20. The van der Waals surface area contributed by atoms with Crippen LogP contribution >= 0.6 is 11.8 Å². The molecule has 64 valence electrons. The fourth-order valence-electron chi connectivity index (χ4n) is 0.622. The molecule has 1 aromatic heterocycles. The molecule has 0 aliphatic carbocycles. The molecule has 3 N–H and O–H groups in total. The minimum absolute atomic E-state index is 0.357. The van der Waals surface area contributed by atoms with Gasteiger partial charge in [-0.15, -0.1) is 0 Å². The first-order valence-electron chi connectivity index (χ1n) is 3.15. The van der Waals surface area contributed by atoms with E-state index >= 15 is 0 Å². The summed E-state index contributed by atoms with van der Waals surface area (Å²) < 4.78 is 0. The highest BCUT2D eigenvalue weighted by Crippen LogP contribution is 2.06. The number of thioether (sulfide) groups is 1. The molecule has 0 atom stereocenters. The van der Waals surface area contributed by atoms with E-state index in [9.17, 15) is 4.79 Å². The van der Waals surface area contributed by atoms with Crippen molar-refractivity contribution >= 4 is 17.7 Å². The number of aromatic nitrogens is 2. The Labute approximate surface area is 73.7 Å². The monoisotopic (exact) mass is 184 g/mol. The minimum Gasteiger partial charge on any atom is -0.290 e. The predicted molar refractivity (Wildman–Crippen MR) is 45.5 cm³/mol. The minimum atomic E-state index is -0.386. The summed E-state index contributed by atoms with van der Waals surface area (Å²) in [7, 11) is 0. The summed E-state index contributed by atoms with van der Waals surface area (Å²) in [6, 6.07) is 0. The lowest BCUT2D eigenvalue weighted by Crippen LogP contribution is -2.30. The van der Waals surface area contributed by atoms with Gasteiger partial charge in [0.15, 0.2) is 5.16 Å². The van der Waals surface area contributed by atoms with E-state index in [0.29, 0.717) is 10.7 Å². The maximum atomic E-state index is 10.9. The van der Waals surface area contributed by atoms with E-state index in [1.54, 1.807) is 0 Å². The van der Waals surface area contributed by atoms with Gasteiger partial charge in [-0.25, -0.2) is 15.8 Å². The second-order valence-electron chi connectivity index (χ2n) is 1.93. The van der Waals surface area contributed by atoms with E-state index < -0.39 is 0 Å². The van der Waals surface area contributed by atoms with E-state index in [1.165, 1.54) is 24.2 Å². The van der Waals surface area contributed by atoms with Crippen molar-refractivity contribution in [3.63, 3.8) is 0 Å². The second kappa shape index (κ2) is 4.03. The average molecular weight is 184 g/mol. The molecule has 0 saturated carbocycles. The highest BCUT2D eigenvalue weighted by molar-refractivity contribution is 7.98. The number of nitrogens with two attached hydrogens (primary N) is 1. The molecular formula is C6H8N4OS. The number of amides is 1. The molecule has 6 heteroatoms. The van der Waals surface area contributed by atoms with Crippen LogP contribution in [0, 0.1) is 0 Å². The van der Waals surface area contributed by atoms with Crippen molar-refractivity contribution < 1.29 is 4.79 Å². The van der Waals surface area contributed by atoms with Gasteiger partial charge in [0.1, 0.15) is 0 Å². The van der Waals surface area contributed by atoms with Gasteiger partial charge in [-0.2, -0.15) is 0 Å². The lowest BCUT2D eigenvalue weighted by atomic mass is 10.3. The first-order chi connectivity index (χ1) is 5.77. The summed E-state index contributed by atoms with van der Waals surface area (Å²) in [5.74, 6) is 4.53. The first kappa shape index (κ1) is 8.95. The zero-order valence-corrected chi connectivity index (χ0v) is 7.26. The van der Waals surface area contributed by atoms with Crippen LogP contribution in [0.15, 0.2) is 17.6 Å². The van der Waals surface area contributed by atoms with Crippen LogP contribution in [0.25, 0.3) is 0 Å². The third kappa shape index (κ3) is 1.93. The third-order valence-corrected chi connectivity index (χ3v) is 1.78. The standard InChI is InChI=1S/C6H8N4OS/c1-12-6-8-2-4(3-9-6)5(11)10-7/h2-3H,7H2,1H3,(H,10,11). The maximum Gasteiger partial charge on any atom is 0.268 e. The number of carbonyl (C=O) groups excluding carboxylic acids is 1. The molecular weight excluding hydrogens is 176 g/mol. The smallest absolute Gasteiger partial charge is 0.268 e. The van der Waals surface area contributed by atoms with Gasteiger partial charge in [-0.05, 0) is 6.26 Å². The molecule has 0 aromatic carbocycles. The molecule has 0 unspecified atom stereocenters. The van der Waals surface area contributed by atoms with Gasteiger partial charge in [-0.1, -0.05) is 11.8 Å². The number of nitrogens with zero attached hydrogens (tertiary/aromatic N) is 2. The first-order valence-corrected chi connectivity index (χ1v) is 4.37. The van der Waals surface area contributed by atoms with Gasteiger partial charge in [0.25, 0.3) is 5.91 Å². The highest BCUT2D eigenvalue weighted by atomic mass is 32.2. The maximum absolute atomic E-state index is 10.9. The molecule has 1 amide bonds. The summed E-state index contributed by atoms with van der Waals surface area (Å²) in [6.45, 7) is 0. The normalized spacial score (nSPS) is 9.50. The fourth-order valence-corrected chi connectivity index (χ4v) is 0.938. The van der Waals surface area contributed by atoms with Crippen molar-refractivity contribution in [3.05, 3.63) is 18.0 Å². The summed E-state index contributed by atoms with van der Waals surface area (Å²) >= 11 is 1.41. The molecule has 0 aliphatic rings. The number of rotatable bonds is 2. The summed E-state index contributed by atoms with van der Waals surface area (Å²) in [5, 5.41) is 0.628. The molecule has 0 bridgehead atoms. The molecule has 0 saturated heterocycles. The van der Waals surface area contributed by atoms with Crippen LogP contribution in [-0.2, 0) is 0 Å². The zero-order chi connectivity index (χ0) is 8.97. The molecule has 1 rings (SSSR count). The number of hydrogen-bond donors (Lipinski definition) is 2. The Kier molecular flexibility index (Phi) is 3.01. The lowest BCUT2D eigenvalue weighted by molar-refractivity contribution is 0.0952. The van der Waals surface area contributed by atoms with Gasteiger partial charge < -0.3 is 0 Å². The van der Waals surface area contributed by atoms with Crippen molar-refractivity contribution in [2.75, 3.05) is 6.26 Å². The summed E-state index contributed by atoms with van der Waals surface area (Å²) in [4.78, 5) is 18.7. The van der Waals surface area contributed by atoms with E-state index in [-0.39, 0.29) is 5.91 Å². The van der Waals surface area contributed by atoms with Crippen LogP contribution in [0.5, 0.6) is 0 Å². The van der Waals surface area contributed by atoms with E-state index in [1.807, 2.05) is 11.7 Å². The molecule has 0 radical (unpaired) electrons. The highest BCUT2D eigenvalue weighted by Gasteiger charge is 2.03. The van der Waals surface area contributed by atoms with Crippen molar-refractivity contribution in [1.82, 2.24) is 15.4 Å². The average Bonchev–Trinajstić information content (AvgIpc) is 2.17. The van der Waals surface area contributed by atoms with E-state index in [4.69, 9.17) is 5.84 Å². The van der Waals surface area contributed by atoms with Crippen molar-refractivity contribution in [3.8, 4) is 0 Å². The lowest BCUT2D eigenvalue weighted by Gasteiger charge is -1.98. The molecule has 1 aromatic rings. The van der Waals surface area contributed by atoms with Crippen LogP contribution in [0.4, 0.5) is 0 Å². The number of hydrogen-bond acceptors (Lipinski definition) is 5. The van der Waals surface area contributed by atoms with E-state index in [0.717, 1.165) is 0 Å². The van der Waals surface area contributed by atoms with Crippen LogP contribution in [0.2, 0.25) is 0 Å². The zero-order valence-electron chi connectivity index (χ0n) is 6.44.